The highest BCUT2D eigenvalue weighted by Gasteiger charge is 2.21. The highest BCUT2D eigenvalue weighted by Crippen LogP contribution is 2.33. The molecule has 4 heteroatoms. The summed E-state index contributed by atoms with van der Waals surface area (Å²) >= 11 is 0. The minimum atomic E-state index is 0.0119. The van der Waals surface area contributed by atoms with Gasteiger partial charge in [-0.25, -0.2) is 0 Å². The van der Waals surface area contributed by atoms with Crippen LogP contribution in [0, 0.1) is 5.92 Å². The van der Waals surface area contributed by atoms with Gasteiger partial charge >= 0.3 is 0 Å². The first-order valence-electron chi connectivity index (χ1n) is 8.94. The molecule has 1 heterocycles. The van der Waals surface area contributed by atoms with Crippen molar-refractivity contribution < 1.29 is 14.3 Å². The number of amides is 1. The Morgan fingerprint density at radius 1 is 1.12 bits per heavy atom. The molecule has 0 N–H and O–H groups in total. The fourth-order valence-electron chi connectivity index (χ4n) is 3.05. The molecule has 4 nitrogen and oxygen atoms in total. The molecule has 2 aromatic carbocycles. The molecular formula is C22H25NO3. The Labute approximate surface area is 155 Å². The summed E-state index contributed by atoms with van der Waals surface area (Å²) in [4.78, 5) is 15.0. The van der Waals surface area contributed by atoms with Crippen LogP contribution < -0.4 is 9.47 Å². The molecule has 0 aromatic heterocycles. The lowest BCUT2D eigenvalue weighted by Crippen LogP contribution is -2.35. The van der Waals surface area contributed by atoms with E-state index in [0.29, 0.717) is 36.1 Å². The molecule has 0 radical (unpaired) electrons. The lowest BCUT2D eigenvalue weighted by Gasteiger charge is -2.25. The average Bonchev–Trinajstić information content (AvgIpc) is 3.08. The van der Waals surface area contributed by atoms with Crippen LogP contribution >= 0.6 is 0 Å². The zero-order valence-electron chi connectivity index (χ0n) is 15.6. The van der Waals surface area contributed by atoms with Gasteiger partial charge in [0.2, 0.25) is 6.79 Å². The van der Waals surface area contributed by atoms with Crippen LogP contribution in [0.25, 0.3) is 6.08 Å². The Morgan fingerprint density at radius 3 is 2.58 bits per heavy atom. The van der Waals surface area contributed by atoms with Gasteiger partial charge in [0.25, 0.3) is 5.91 Å². The van der Waals surface area contributed by atoms with Crippen molar-refractivity contribution in [3.05, 3.63) is 65.2 Å². The molecule has 0 aliphatic carbocycles. The van der Waals surface area contributed by atoms with Crippen LogP contribution in [0.3, 0.4) is 0 Å². The highest BCUT2D eigenvalue weighted by atomic mass is 16.7. The van der Waals surface area contributed by atoms with Crippen LogP contribution in [0.15, 0.2) is 54.1 Å². The number of ether oxygens (including phenoxy) is 2. The quantitative estimate of drug-likeness (QED) is 0.762. The predicted octanol–water partition coefficient (Wildman–Crippen LogP) is 4.62. The van der Waals surface area contributed by atoms with Gasteiger partial charge in [-0.05, 0) is 36.6 Å². The van der Waals surface area contributed by atoms with E-state index in [1.807, 2.05) is 23.1 Å². The van der Waals surface area contributed by atoms with Crippen molar-refractivity contribution in [2.45, 2.75) is 20.8 Å². The summed E-state index contributed by atoms with van der Waals surface area (Å²) in [6.07, 6.45) is 2.13. The van der Waals surface area contributed by atoms with Crippen LogP contribution in [0.2, 0.25) is 0 Å². The van der Waals surface area contributed by atoms with Crippen molar-refractivity contribution in [1.82, 2.24) is 4.90 Å². The van der Waals surface area contributed by atoms with Gasteiger partial charge in [0.15, 0.2) is 11.5 Å². The maximum Gasteiger partial charge on any atom is 0.254 e. The van der Waals surface area contributed by atoms with Crippen molar-refractivity contribution in [3.8, 4) is 11.5 Å². The number of nitrogens with zero attached hydrogens (tertiary/aromatic N) is 1. The second-order valence-corrected chi connectivity index (χ2v) is 7.05. The monoisotopic (exact) mass is 351 g/mol. The number of benzene rings is 2. The Bertz CT molecular complexity index is 796. The summed E-state index contributed by atoms with van der Waals surface area (Å²) in [5.74, 6) is 1.73. The third-order valence-corrected chi connectivity index (χ3v) is 4.15. The SMILES string of the molecule is C/C(=C\c1ccccc1)CN(CC(C)C)C(=O)c1ccc2c(c1)OCO2. The Hall–Kier alpha value is -2.75. The minimum Gasteiger partial charge on any atom is -0.454 e. The lowest BCUT2D eigenvalue weighted by atomic mass is 10.1. The largest absolute Gasteiger partial charge is 0.454 e. The van der Waals surface area contributed by atoms with Gasteiger partial charge in [-0.1, -0.05) is 55.8 Å². The fourth-order valence-corrected chi connectivity index (χ4v) is 3.05. The van der Waals surface area contributed by atoms with Crippen molar-refractivity contribution in [2.24, 2.45) is 5.92 Å². The van der Waals surface area contributed by atoms with Gasteiger partial charge in [-0.3, -0.25) is 4.79 Å². The van der Waals surface area contributed by atoms with E-state index in [-0.39, 0.29) is 12.7 Å². The molecule has 0 fully saturated rings. The van der Waals surface area contributed by atoms with E-state index in [1.54, 1.807) is 18.2 Å². The summed E-state index contributed by atoms with van der Waals surface area (Å²) in [6, 6.07) is 15.5. The minimum absolute atomic E-state index is 0.0119. The van der Waals surface area contributed by atoms with Crippen LogP contribution in [0.4, 0.5) is 0 Å². The average molecular weight is 351 g/mol. The molecule has 0 atom stereocenters. The van der Waals surface area contributed by atoms with E-state index < -0.39 is 0 Å². The van der Waals surface area contributed by atoms with E-state index in [4.69, 9.17) is 9.47 Å². The number of carbonyl (C=O) groups is 1. The summed E-state index contributed by atoms with van der Waals surface area (Å²) in [7, 11) is 0. The van der Waals surface area contributed by atoms with E-state index in [2.05, 4.69) is 39.0 Å². The fraction of sp³-hybridized carbons (Fsp3) is 0.318. The first-order chi connectivity index (χ1) is 12.5. The number of carbonyl (C=O) groups excluding carboxylic acids is 1. The number of rotatable bonds is 6. The Balaban J connectivity index is 1.79. The van der Waals surface area contributed by atoms with E-state index in [0.717, 1.165) is 11.1 Å². The van der Waals surface area contributed by atoms with Crippen LogP contribution in [0.5, 0.6) is 11.5 Å². The molecule has 0 spiro atoms. The van der Waals surface area contributed by atoms with Gasteiger partial charge in [0, 0.05) is 18.7 Å². The molecule has 0 saturated carbocycles. The van der Waals surface area contributed by atoms with E-state index in [9.17, 15) is 4.79 Å². The molecule has 3 rings (SSSR count). The van der Waals surface area contributed by atoms with Crippen molar-refractivity contribution in [3.63, 3.8) is 0 Å². The van der Waals surface area contributed by atoms with Crippen molar-refractivity contribution in [1.29, 1.82) is 0 Å². The zero-order valence-corrected chi connectivity index (χ0v) is 15.6. The summed E-state index contributed by atoms with van der Waals surface area (Å²) in [5, 5.41) is 0. The molecule has 2 aromatic rings. The molecule has 0 bridgehead atoms. The standard InChI is InChI=1S/C22H25NO3/c1-16(2)13-23(14-17(3)11-18-7-5-4-6-8-18)22(24)19-9-10-20-21(12-19)26-15-25-20/h4-12,16H,13-15H2,1-3H3/b17-11+. The smallest absolute Gasteiger partial charge is 0.254 e. The molecule has 0 saturated heterocycles. The maximum atomic E-state index is 13.1. The lowest BCUT2D eigenvalue weighted by molar-refractivity contribution is 0.0751. The Kier molecular flexibility index (Phi) is 5.61. The number of hydrogen-bond donors (Lipinski definition) is 0. The zero-order chi connectivity index (χ0) is 18.5. The van der Waals surface area contributed by atoms with Crippen molar-refractivity contribution in [2.75, 3.05) is 19.9 Å². The van der Waals surface area contributed by atoms with Crippen LogP contribution in [-0.2, 0) is 0 Å². The van der Waals surface area contributed by atoms with Gasteiger partial charge in [-0.15, -0.1) is 0 Å². The van der Waals surface area contributed by atoms with Gasteiger partial charge in [0.05, 0.1) is 0 Å². The summed E-state index contributed by atoms with van der Waals surface area (Å²) in [5.41, 5.74) is 2.92. The normalized spacial score (nSPS) is 13.2. The molecule has 1 aliphatic rings. The second kappa shape index (κ2) is 8.09. The molecule has 1 aliphatic heterocycles. The van der Waals surface area contributed by atoms with Gasteiger partial charge in [0.1, 0.15) is 0 Å². The maximum absolute atomic E-state index is 13.1. The first-order valence-corrected chi connectivity index (χ1v) is 8.94. The molecule has 1 amide bonds. The molecule has 0 unspecified atom stereocenters. The van der Waals surface area contributed by atoms with E-state index >= 15 is 0 Å². The van der Waals surface area contributed by atoms with E-state index in [1.165, 1.54) is 0 Å². The molecule has 26 heavy (non-hydrogen) atoms. The number of fused-ring (bicyclic) bond motifs is 1. The molecule has 136 valence electrons. The predicted molar refractivity (Wildman–Crippen MR) is 103 cm³/mol. The first kappa shape index (κ1) is 18.1. The molecular weight excluding hydrogens is 326 g/mol. The Morgan fingerprint density at radius 2 is 1.85 bits per heavy atom. The van der Waals surface area contributed by atoms with Gasteiger partial charge < -0.3 is 14.4 Å². The van der Waals surface area contributed by atoms with Gasteiger partial charge in [-0.2, -0.15) is 0 Å². The van der Waals surface area contributed by atoms with Crippen LogP contribution in [0.1, 0.15) is 36.7 Å². The third kappa shape index (κ3) is 4.45. The van der Waals surface area contributed by atoms with Crippen LogP contribution in [-0.4, -0.2) is 30.7 Å². The number of hydrogen-bond acceptors (Lipinski definition) is 3. The van der Waals surface area contributed by atoms with Crippen molar-refractivity contribution >= 4 is 12.0 Å². The summed E-state index contributed by atoms with van der Waals surface area (Å²) in [6.45, 7) is 7.81. The third-order valence-electron chi connectivity index (χ3n) is 4.15. The summed E-state index contributed by atoms with van der Waals surface area (Å²) < 4.78 is 10.7. The second-order valence-electron chi connectivity index (χ2n) is 7.05. The topological polar surface area (TPSA) is 38.8 Å². The highest BCUT2D eigenvalue weighted by molar-refractivity contribution is 5.95.